The zero-order chi connectivity index (χ0) is 21.6. The molecule has 1 amide bonds. The van der Waals surface area contributed by atoms with Crippen LogP contribution in [-0.4, -0.2) is 37.3 Å². The van der Waals surface area contributed by atoms with E-state index in [0.717, 1.165) is 15.4 Å². The summed E-state index contributed by atoms with van der Waals surface area (Å²) >= 11 is 0. The first kappa shape index (κ1) is 21.5. The normalized spacial score (nSPS) is 11.3. The van der Waals surface area contributed by atoms with Crippen molar-refractivity contribution in [1.82, 2.24) is 9.29 Å². The quantitative estimate of drug-likeness (QED) is 0.599. The Balaban J connectivity index is 1.85. The fourth-order valence-electron chi connectivity index (χ4n) is 2.89. The topological polar surface area (TPSA) is 88.6 Å². The number of ether oxygens (including phenoxy) is 1. The molecule has 3 rings (SSSR count). The number of amides is 1. The minimum Gasteiger partial charge on any atom is -0.497 e. The van der Waals surface area contributed by atoms with Crippen molar-refractivity contribution in [2.24, 2.45) is 0 Å². The van der Waals surface area contributed by atoms with E-state index >= 15 is 0 Å². The average Bonchev–Trinajstić information content (AvgIpc) is 2.74. The van der Waals surface area contributed by atoms with Gasteiger partial charge in [0.25, 0.3) is 0 Å². The molecule has 30 heavy (non-hydrogen) atoms. The third-order valence-electron chi connectivity index (χ3n) is 4.41. The molecule has 1 aromatic heterocycles. The Bertz CT molecular complexity index is 1100. The molecular formula is C22H23N3O4S. The number of pyridine rings is 1. The number of hydrogen-bond donors (Lipinski definition) is 1. The molecule has 0 fully saturated rings. The van der Waals surface area contributed by atoms with Crippen LogP contribution >= 0.6 is 0 Å². The Morgan fingerprint density at radius 1 is 1.10 bits per heavy atom. The van der Waals surface area contributed by atoms with Crippen molar-refractivity contribution in [3.63, 3.8) is 0 Å². The Morgan fingerprint density at radius 3 is 2.50 bits per heavy atom. The van der Waals surface area contributed by atoms with Gasteiger partial charge in [0, 0.05) is 24.6 Å². The maximum Gasteiger partial charge on any atom is 0.245 e. The number of benzene rings is 2. The first-order valence-corrected chi connectivity index (χ1v) is 10.7. The average molecular weight is 426 g/mol. The van der Waals surface area contributed by atoms with Gasteiger partial charge in [0.15, 0.2) is 0 Å². The van der Waals surface area contributed by atoms with Gasteiger partial charge in [-0.05, 0) is 54.4 Å². The third-order valence-corrected chi connectivity index (χ3v) is 6.19. The molecule has 0 unspecified atom stereocenters. The molecule has 0 saturated heterocycles. The summed E-state index contributed by atoms with van der Waals surface area (Å²) in [4.78, 5) is 16.6. The summed E-state index contributed by atoms with van der Waals surface area (Å²) in [5, 5.41) is 2.76. The number of sulfonamides is 1. The predicted octanol–water partition coefficient (Wildman–Crippen LogP) is 3.23. The smallest absolute Gasteiger partial charge is 0.245 e. The number of carbonyl (C=O) groups excluding carboxylic acids is 1. The van der Waals surface area contributed by atoms with Crippen LogP contribution in [0.5, 0.6) is 5.75 Å². The molecule has 0 bridgehead atoms. The lowest BCUT2D eigenvalue weighted by Gasteiger charge is -2.22. The van der Waals surface area contributed by atoms with E-state index < -0.39 is 15.9 Å². The van der Waals surface area contributed by atoms with Crippen LogP contribution in [0.3, 0.4) is 0 Å². The van der Waals surface area contributed by atoms with Crippen molar-refractivity contribution < 1.29 is 17.9 Å². The molecule has 2 aromatic carbocycles. The Labute approximate surface area is 176 Å². The molecule has 1 heterocycles. The number of nitrogens with zero attached hydrogens (tertiary/aromatic N) is 2. The van der Waals surface area contributed by atoms with Crippen LogP contribution in [0.1, 0.15) is 11.1 Å². The number of rotatable bonds is 8. The van der Waals surface area contributed by atoms with Gasteiger partial charge in [-0.2, -0.15) is 4.31 Å². The molecule has 156 valence electrons. The molecule has 0 radical (unpaired) electrons. The van der Waals surface area contributed by atoms with Gasteiger partial charge in [0.2, 0.25) is 15.9 Å². The van der Waals surface area contributed by atoms with Crippen molar-refractivity contribution in [3.05, 3.63) is 84.2 Å². The molecule has 7 nitrogen and oxygen atoms in total. The largest absolute Gasteiger partial charge is 0.497 e. The number of carbonyl (C=O) groups is 1. The summed E-state index contributed by atoms with van der Waals surface area (Å²) in [7, 11) is -2.37. The highest BCUT2D eigenvalue weighted by molar-refractivity contribution is 7.89. The van der Waals surface area contributed by atoms with Crippen molar-refractivity contribution in [1.29, 1.82) is 0 Å². The molecule has 8 heteroatoms. The molecule has 0 atom stereocenters. The fourth-order valence-corrected chi connectivity index (χ4v) is 4.24. The van der Waals surface area contributed by atoms with Crippen LogP contribution in [0.25, 0.3) is 0 Å². The van der Waals surface area contributed by atoms with E-state index in [0.29, 0.717) is 11.4 Å². The van der Waals surface area contributed by atoms with Crippen molar-refractivity contribution >= 4 is 21.6 Å². The van der Waals surface area contributed by atoms with Crippen LogP contribution in [0, 0.1) is 6.92 Å². The molecule has 1 N–H and O–H groups in total. The fraction of sp³-hybridized carbons (Fsp3) is 0.182. The van der Waals surface area contributed by atoms with Crippen LogP contribution in [0.15, 0.2) is 78.0 Å². The molecular weight excluding hydrogens is 402 g/mol. The second-order valence-electron chi connectivity index (χ2n) is 6.73. The van der Waals surface area contributed by atoms with Gasteiger partial charge in [-0.3, -0.25) is 9.78 Å². The molecule has 3 aromatic rings. The van der Waals surface area contributed by atoms with E-state index in [1.165, 1.54) is 18.5 Å². The second kappa shape index (κ2) is 9.51. The number of methoxy groups -OCH3 is 1. The van der Waals surface area contributed by atoms with Crippen LogP contribution in [0.4, 0.5) is 5.69 Å². The van der Waals surface area contributed by atoms with Crippen LogP contribution in [0.2, 0.25) is 0 Å². The van der Waals surface area contributed by atoms with E-state index in [1.54, 1.807) is 43.5 Å². The maximum atomic E-state index is 13.2. The molecule has 0 saturated carbocycles. The number of nitrogens with one attached hydrogen (secondary N) is 1. The SMILES string of the molecule is COc1ccc(CN(CC(=O)Nc2cccc(C)c2)S(=O)(=O)c2cccnc2)cc1. The monoisotopic (exact) mass is 425 g/mol. The second-order valence-corrected chi connectivity index (χ2v) is 8.67. The van der Waals surface area contributed by atoms with Gasteiger partial charge in [-0.1, -0.05) is 24.3 Å². The third kappa shape index (κ3) is 5.43. The first-order chi connectivity index (χ1) is 14.4. The molecule has 0 aliphatic carbocycles. The van der Waals surface area contributed by atoms with Gasteiger partial charge < -0.3 is 10.1 Å². The summed E-state index contributed by atoms with van der Waals surface area (Å²) in [5.41, 5.74) is 2.33. The Hall–Kier alpha value is -3.23. The van der Waals surface area contributed by atoms with E-state index in [-0.39, 0.29) is 18.0 Å². The highest BCUT2D eigenvalue weighted by atomic mass is 32.2. The van der Waals surface area contributed by atoms with Gasteiger partial charge in [0.1, 0.15) is 10.6 Å². The zero-order valence-electron chi connectivity index (χ0n) is 16.8. The van der Waals surface area contributed by atoms with Gasteiger partial charge in [0.05, 0.1) is 13.7 Å². The summed E-state index contributed by atoms with van der Waals surface area (Å²) < 4.78 is 32.6. The summed E-state index contributed by atoms with van der Waals surface area (Å²) in [6, 6.07) is 17.4. The van der Waals surface area contributed by atoms with Gasteiger partial charge >= 0.3 is 0 Å². The van der Waals surface area contributed by atoms with Crippen molar-refractivity contribution in [2.75, 3.05) is 19.0 Å². The van der Waals surface area contributed by atoms with E-state index in [9.17, 15) is 13.2 Å². The van der Waals surface area contributed by atoms with Crippen LogP contribution in [-0.2, 0) is 21.4 Å². The van der Waals surface area contributed by atoms with Gasteiger partial charge in [-0.25, -0.2) is 8.42 Å². The number of aromatic nitrogens is 1. The lowest BCUT2D eigenvalue weighted by Crippen LogP contribution is -2.37. The minimum absolute atomic E-state index is 0.0295. The molecule has 0 aliphatic heterocycles. The number of hydrogen-bond acceptors (Lipinski definition) is 5. The Morgan fingerprint density at radius 2 is 1.87 bits per heavy atom. The van der Waals surface area contributed by atoms with Gasteiger partial charge in [-0.15, -0.1) is 0 Å². The molecule has 0 aliphatic rings. The summed E-state index contributed by atoms with van der Waals surface area (Å²) in [5.74, 6) is 0.235. The number of anilines is 1. The lowest BCUT2D eigenvalue weighted by molar-refractivity contribution is -0.116. The predicted molar refractivity (Wildman–Crippen MR) is 115 cm³/mol. The standard InChI is InChI=1S/C22H23N3O4S/c1-17-5-3-6-19(13-17)24-22(26)16-25(15-18-8-10-20(29-2)11-9-18)30(27,28)21-7-4-12-23-14-21/h3-14H,15-16H2,1-2H3,(H,24,26). The van der Waals surface area contributed by atoms with Crippen molar-refractivity contribution in [3.8, 4) is 5.75 Å². The van der Waals surface area contributed by atoms with E-state index in [1.807, 2.05) is 25.1 Å². The lowest BCUT2D eigenvalue weighted by atomic mass is 10.2. The summed E-state index contributed by atoms with van der Waals surface area (Å²) in [6.45, 7) is 1.61. The maximum absolute atomic E-state index is 13.2. The minimum atomic E-state index is -3.93. The highest BCUT2D eigenvalue weighted by Crippen LogP contribution is 2.20. The first-order valence-electron chi connectivity index (χ1n) is 9.28. The van der Waals surface area contributed by atoms with E-state index in [2.05, 4.69) is 10.3 Å². The summed E-state index contributed by atoms with van der Waals surface area (Å²) in [6.07, 6.45) is 2.77. The Kier molecular flexibility index (Phi) is 6.81. The molecule has 0 spiro atoms. The highest BCUT2D eigenvalue weighted by Gasteiger charge is 2.27. The zero-order valence-corrected chi connectivity index (χ0v) is 17.6. The van der Waals surface area contributed by atoms with Crippen LogP contribution < -0.4 is 10.1 Å². The van der Waals surface area contributed by atoms with Crippen molar-refractivity contribution in [2.45, 2.75) is 18.4 Å². The number of aryl methyl sites for hydroxylation is 1. The van der Waals surface area contributed by atoms with E-state index in [4.69, 9.17) is 4.74 Å².